The van der Waals surface area contributed by atoms with Gasteiger partial charge in [0.25, 0.3) is 0 Å². The molecule has 0 aliphatic rings. The topological polar surface area (TPSA) is 62.5 Å². The van der Waals surface area contributed by atoms with E-state index in [2.05, 4.69) is 45.9 Å². The summed E-state index contributed by atoms with van der Waals surface area (Å²) in [5.41, 5.74) is 3.20. The average Bonchev–Trinajstić information content (AvgIpc) is 3.16. The molecule has 0 saturated heterocycles. The van der Waals surface area contributed by atoms with Crippen molar-refractivity contribution in [3.8, 4) is 0 Å². The minimum absolute atomic E-state index is 0. The van der Waals surface area contributed by atoms with Gasteiger partial charge in [0.2, 0.25) is 0 Å². The van der Waals surface area contributed by atoms with E-state index in [4.69, 9.17) is 4.42 Å². The van der Waals surface area contributed by atoms with E-state index < -0.39 is 0 Å². The molecule has 0 spiro atoms. The largest absolute Gasteiger partial charge is 0.459 e. The molecule has 3 aromatic rings. The number of hydrogen-bond donors (Lipinski definition) is 2. The first-order valence-corrected chi connectivity index (χ1v) is 9.45. The van der Waals surface area contributed by atoms with E-state index in [1.165, 1.54) is 0 Å². The van der Waals surface area contributed by atoms with E-state index in [1.807, 2.05) is 25.1 Å². The van der Waals surface area contributed by atoms with Crippen LogP contribution >= 0.6 is 35.3 Å². The minimum Gasteiger partial charge on any atom is -0.459 e. The summed E-state index contributed by atoms with van der Waals surface area (Å²) in [6.07, 6.45) is 0.887. The number of para-hydroxylation sites is 1. The summed E-state index contributed by atoms with van der Waals surface area (Å²) in [5, 5.41) is 11.0. The molecule has 2 N–H and O–H groups in total. The Kier molecular flexibility index (Phi) is 7.89. The van der Waals surface area contributed by atoms with Crippen LogP contribution in [-0.4, -0.2) is 24.0 Å². The van der Waals surface area contributed by atoms with Gasteiger partial charge >= 0.3 is 0 Å². The van der Waals surface area contributed by atoms with Crippen LogP contribution in [0.15, 0.2) is 39.1 Å². The fraction of sp³-hybridized carbons (Fsp3) is 0.368. The van der Waals surface area contributed by atoms with Gasteiger partial charge in [-0.2, -0.15) is 0 Å². The second-order valence-electron chi connectivity index (χ2n) is 5.88. The van der Waals surface area contributed by atoms with Gasteiger partial charge in [0, 0.05) is 35.8 Å². The van der Waals surface area contributed by atoms with Crippen LogP contribution in [0, 0.1) is 13.8 Å². The van der Waals surface area contributed by atoms with Crippen LogP contribution in [0.3, 0.4) is 0 Å². The highest BCUT2D eigenvalue weighted by Gasteiger charge is 2.09. The second-order valence-corrected chi connectivity index (χ2v) is 6.94. The van der Waals surface area contributed by atoms with E-state index >= 15 is 0 Å². The summed E-state index contributed by atoms with van der Waals surface area (Å²) < 4.78 is 5.93. The molecule has 0 fully saturated rings. The van der Waals surface area contributed by atoms with Gasteiger partial charge in [0.05, 0.1) is 10.7 Å². The quantitative estimate of drug-likeness (QED) is 0.309. The van der Waals surface area contributed by atoms with E-state index in [0.29, 0.717) is 6.54 Å². The van der Waals surface area contributed by atoms with Crippen molar-refractivity contribution in [2.45, 2.75) is 33.7 Å². The number of aromatic nitrogens is 1. The van der Waals surface area contributed by atoms with E-state index in [0.717, 1.165) is 58.5 Å². The van der Waals surface area contributed by atoms with Crippen LogP contribution in [0.2, 0.25) is 0 Å². The molecule has 0 bridgehead atoms. The van der Waals surface area contributed by atoms with Gasteiger partial charge in [-0.15, -0.1) is 35.3 Å². The van der Waals surface area contributed by atoms with Crippen molar-refractivity contribution in [1.29, 1.82) is 0 Å². The average molecular weight is 484 g/mol. The number of thiazole rings is 1. The number of nitrogens with zero attached hydrogens (tertiary/aromatic N) is 2. The molecule has 0 aliphatic heterocycles. The normalized spacial score (nSPS) is 11.4. The number of halogens is 1. The zero-order valence-corrected chi connectivity index (χ0v) is 18.5. The third kappa shape index (κ3) is 5.20. The van der Waals surface area contributed by atoms with Gasteiger partial charge in [0.1, 0.15) is 17.9 Å². The molecule has 0 radical (unpaired) electrons. The molecule has 2 heterocycles. The Hall–Kier alpha value is -1.61. The molecule has 2 aromatic heterocycles. The number of guanidine groups is 1. The first-order valence-electron chi connectivity index (χ1n) is 8.57. The Labute approximate surface area is 175 Å². The molecule has 1 aromatic carbocycles. The smallest absolute Gasteiger partial charge is 0.191 e. The fourth-order valence-corrected chi connectivity index (χ4v) is 3.35. The first-order chi connectivity index (χ1) is 12.2. The van der Waals surface area contributed by atoms with Crippen molar-refractivity contribution in [1.82, 2.24) is 15.6 Å². The molecular weight excluding hydrogens is 459 g/mol. The zero-order chi connectivity index (χ0) is 17.6. The predicted octanol–water partition coefficient (Wildman–Crippen LogP) is 4.42. The zero-order valence-electron chi connectivity index (χ0n) is 15.3. The second kappa shape index (κ2) is 9.91. The molecule has 0 atom stereocenters. The third-order valence-corrected chi connectivity index (χ3v) is 4.83. The Morgan fingerprint density at radius 1 is 1.23 bits per heavy atom. The molecular formula is C19H25IN4OS. The SMILES string of the molecule is CCNC(=NCc1oc2ccccc2c1C)NCCc1csc(C)n1.I. The molecule has 140 valence electrons. The number of aryl methyl sites for hydroxylation is 2. The van der Waals surface area contributed by atoms with Crippen LogP contribution in [0.1, 0.15) is 28.9 Å². The number of furan rings is 1. The van der Waals surface area contributed by atoms with Crippen LogP contribution in [-0.2, 0) is 13.0 Å². The van der Waals surface area contributed by atoms with Crippen LogP contribution in [0.25, 0.3) is 11.0 Å². The highest BCUT2D eigenvalue weighted by Crippen LogP contribution is 2.25. The van der Waals surface area contributed by atoms with E-state index in [1.54, 1.807) is 11.3 Å². The third-order valence-electron chi connectivity index (χ3n) is 4.01. The Morgan fingerprint density at radius 2 is 2.04 bits per heavy atom. The number of rotatable bonds is 6. The van der Waals surface area contributed by atoms with Crippen molar-refractivity contribution < 1.29 is 4.42 Å². The highest BCUT2D eigenvalue weighted by atomic mass is 127. The number of benzene rings is 1. The number of hydrogen-bond acceptors (Lipinski definition) is 4. The fourth-order valence-electron chi connectivity index (χ4n) is 2.70. The lowest BCUT2D eigenvalue weighted by molar-refractivity contribution is 0.548. The van der Waals surface area contributed by atoms with E-state index in [9.17, 15) is 0 Å². The lowest BCUT2D eigenvalue weighted by atomic mass is 10.1. The Morgan fingerprint density at radius 3 is 2.73 bits per heavy atom. The molecule has 5 nitrogen and oxygen atoms in total. The lowest BCUT2D eigenvalue weighted by Gasteiger charge is -2.10. The maximum atomic E-state index is 5.93. The molecule has 3 rings (SSSR count). The van der Waals surface area contributed by atoms with Crippen LogP contribution in [0.5, 0.6) is 0 Å². The molecule has 0 amide bonds. The summed E-state index contributed by atoms with van der Waals surface area (Å²) >= 11 is 1.69. The van der Waals surface area contributed by atoms with Crippen molar-refractivity contribution in [3.63, 3.8) is 0 Å². The number of fused-ring (bicyclic) bond motifs is 1. The van der Waals surface area contributed by atoms with Crippen LogP contribution < -0.4 is 10.6 Å². The predicted molar refractivity (Wildman–Crippen MR) is 120 cm³/mol. The first kappa shape index (κ1) is 20.7. The summed E-state index contributed by atoms with van der Waals surface area (Å²) in [6.45, 7) is 8.32. The highest BCUT2D eigenvalue weighted by molar-refractivity contribution is 14.0. The summed E-state index contributed by atoms with van der Waals surface area (Å²) in [6, 6.07) is 8.10. The van der Waals surface area contributed by atoms with Gasteiger partial charge in [-0.3, -0.25) is 0 Å². The molecule has 0 unspecified atom stereocenters. The van der Waals surface area contributed by atoms with Crippen molar-refractivity contribution in [2.24, 2.45) is 4.99 Å². The van der Waals surface area contributed by atoms with Crippen molar-refractivity contribution >= 4 is 52.2 Å². The number of aliphatic imine (C=N–C) groups is 1. The monoisotopic (exact) mass is 484 g/mol. The minimum atomic E-state index is 0. The van der Waals surface area contributed by atoms with Gasteiger partial charge < -0.3 is 15.1 Å². The van der Waals surface area contributed by atoms with Crippen molar-refractivity contribution in [3.05, 3.63) is 51.7 Å². The summed E-state index contributed by atoms with van der Waals surface area (Å²) in [4.78, 5) is 9.15. The summed E-state index contributed by atoms with van der Waals surface area (Å²) in [7, 11) is 0. The van der Waals surface area contributed by atoms with Gasteiger partial charge in [-0.05, 0) is 26.8 Å². The van der Waals surface area contributed by atoms with E-state index in [-0.39, 0.29) is 24.0 Å². The molecule has 7 heteroatoms. The van der Waals surface area contributed by atoms with Crippen molar-refractivity contribution in [2.75, 3.05) is 13.1 Å². The van der Waals surface area contributed by atoms with Gasteiger partial charge in [-0.25, -0.2) is 9.98 Å². The van der Waals surface area contributed by atoms with Gasteiger partial charge in [0.15, 0.2) is 5.96 Å². The molecule has 0 aliphatic carbocycles. The molecule has 26 heavy (non-hydrogen) atoms. The maximum absolute atomic E-state index is 5.93. The maximum Gasteiger partial charge on any atom is 0.191 e. The van der Waals surface area contributed by atoms with Crippen LogP contribution in [0.4, 0.5) is 0 Å². The number of nitrogens with one attached hydrogen (secondary N) is 2. The lowest BCUT2D eigenvalue weighted by Crippen LogP contribution is -2.38. The van der Waals surface area contributed by atoms with Gasteiger partial charge in [-0.1, -0.05) is 18.2 Å². The Bertz CT molecular complexity index is 871. The standard InChI is InChI=1S/C19H24N4OS.HI/c1-4-20-19(21-10-9-15-12-25-14(3)23-15)22-11-18-13(2)16-7-5-6-8-17(16)24-18;/h5-8,12H,4,9-11H2,1-3H3,(H2,20,21,22);1H. The summed E-state index contributed by atoms with van der Waals surface area (Å²) in [5.74, 6) is 1.71. The Balaban J connectivity index is 0.00000243. The molecule has 0 saturated carbocycles.